The first-order valence-electron chi connectivity index (χ1n) is 8.27. The molecule has 1 aliphatic heterocycles. The van der Waals surface area contributed by atoms with E-state index in [1.54, 1.807) is 0 Å². The molecule has 1 fully saturated rings. The van der Waals surface area contributed by atoms with Gasteiger partial charge < -0.3 is 14.8 Å². The van der Waals surface area contributed by atoms with E-state index < -0.39 is 11.7 Å². The average Bonchev–Trinajstić information content (AvgIpc) is 2.47. The first-order valence-corrected chi connectivity index (χ1v) is 8.27. The highest BCUT2D eigenvalue weighted by molar-refractivity contribution is 5.84. The molecule has 1 heterocycles. The van der Waals surface area contributed by atoms with Crippen molar-refractivity contribution in [3.05, 3.63) is 29.8 Å². The lowest BCUT2D eigenvalue weighted by atomic mass is 10.0. The molecule has 128 valence electrons. The molecule has 23 heavy (non-hydrogen) atoms. The van der Waals surface area contributed by atoms with Crippen LogP contribution in [-0.4, -0.2) is 30.9 Å². The van der Waals surface area contributed by atoms with Gasteiger partial charge in [0, 0.05) is 31.0 Å². The van der Waals surface area contributed by atoms with E-state index in [2.05, 4.69) is 17.6 Å². The van der Waals surface area contributed by atoms with Gasteiger partial charge in [0.25, 0.3) is 0 Å². The molecule has 0 aromatic heterocycles. The lowest BCUT2D eigenvalue weighted by Gasteiger charge is -2.27. The van der Waals surface area contributed by atoms with Gasteiger partial charge in [-0.05, 0) is 58.2 Å². The quantitative estimate of drug-likeness (QED) is 0.884. The molecule has 1 saturated heterocycles. The molecule has 1 amide bonds. The number of hydrogen-bond donors (Lipinski definition) is 2. The lowest BCUT2D eigenvalue weighted by Crippen LogP contribution is -2.36. The van der Waals surface area contributed by atoms with Crippen LogP contribution in [0.3, 0.4) is 0 Å². The maximum Gasteiger partial charge on any atom is 0.412 e. The summed E-state index contributed by atoms with van der Waals surface area (Å²) < 4.78 is 10.6. The number of nitrogens with one attached hydrogen (secondary N) is 2. The van der Waals surface area contributed by atoms with E-state index in [-0.39, 0.29) is 6.04 Å². The fourth-order valence-electron chi connectivity index (χ4n) is 2.59. The molecule has 5 heteroatoms. The van der Waals surface area contributed by atoms with Crippen LogP contribution in [0.15, 0.2) is 24.3 Å². The predicted molar refractivity (Wildman–Crippen MR) is 91.7 cm³/mol. The van der Waals surface area contributed by atoms with Crippen LogP contribution in [0.5, 0.6) is 0 Å². The van der Waals surface area contributed by atoms with Crippen molar-refractivity contribution < 1.29 is 14.3 Å². The summed E-state index contributed by atoms with van der Waals surface area (Å²) in [6.07, 6.45) is 1.68. The highest BCUT2D eigenvalue weighted by Crippen LogP contribution is 2.19. The molecule has 0 spiro atoms. The largest absolute Gasteiger partial charge is 0.444 e. The summed E-state index contributed by atoms with van der Waals surface area (Å²) >= 11 is 0. The van der Waals surface area contributed by atoms with Crippen LogP contribution >= 0.6 is 0 Å². The Kier molecular flexibility index (Phi) is 6.02. The Morgan fingerprint density at radius 3 is 2.39 bits per heavy atom. The highest BCUT2D eigenvalue weighted by Gasteiger charge is 2.18. The molecule has 5 nitrogen and oxygen atoms in total. The molecule has 0 aliphatic carbocycles. The molecule has 0 bridgehead atoms. The van der Waals surface area contributed by atoms with Gasteiger partial charge in [0.2, 0.25) is 0 Å². The number of amides is 1. The van der Waals surface area contributed by atoms with Gasteiger partial charge in [0.15, 0.2) is 0 Å². The monoisotopic (exact) mass is 320 g/mol. The molecular formula is C18H28N2O3. The number of rotatable bonds is 4. The Hall–Kier alpha value is -1.59. The summed E-state index contributed by atoms with van der Waals surface area (Å²) in [5, 5.41) is 6.38. The molecule has 1 aromatic rings. The SMILES string of the molecule is CC(NC1CCOCC1)c1ccc(NC(=O)OC(C)(C)C)cc1. The second-order valence-corrected chi connectivity index (χ2v) is 7.02. The van der Waals surface area contributed by atoms with Crippen LogP contribution in [0.2, 0.25) is 0 Å². The summed E-state index contributed by atoms with van der Waals surface area (Å²) in [7, 11) is 0. The third-order valence-corrected chi connectivity index (χ3v) is 3.76. The fourth-order valence-corrected chi connectivity index (χ4v) is 2.59. The Bertz CT molecular complexity index is 502. The van der Waals surface area contributed by atoms with E-state index >= 15 is 0 Å². The van der Waals surface area contributed by atoms with Crippen LogP contribution in [0, 0.1) is 0 Å². The minimum atomic E-state index is -0.494. The van der Waals surface area contributed by atoms with Crippen LogP contribution in [0.25, 0.3) is 0 Å². The second-order valence-electron chi connectivity index (χ2n) is 7.02. The van der Waals surface area contributed by atoms with Crippen molar-refractivity contribution in [2.45, 2.75) is 58.2 Å². The third-order valence-electron chi connectivity index (χ3n) is 3.76. The van der Waals surface area contributed by atoms with Crippen LogP contribution < -0.4 is 10.6 Å². The Labute approximate surface area is 138 Å². The normalized spacial score (nSPS) is 17.6. The molecule has 0 radical (unpaired) electrons. The van der Waals surface area contributed by atoms with Crippen LogP contribution in [0.4, 0.5) is 10.5 Å². The van der Waals surface area contributed by atoms with E-state index in [1.807, 2.05) is 45.0 Å². The maximum absolute atomic E-state index is 11.8. The molecule has 1 aliphatic rings. The summed E-state index contributed by atoms with van der Waals surface area (Å²) in [5.41, 5.74) is 1.44. The molecule has 1 atom stereocenters. The first kappa shape index (κ1) is 17.8. The van der Waals surface area contributed by atoms with Crippen molar-refractivity contribution in [3.8, 4) is 0 Å². The van der Waals surface area contributed by atoms with Crippen molar-refractivity contribution >= 4 is 11.8 Å². The second kappa shape index (κ2) is 7.79. The van der Waals surface area contributed by atoms with Gasteiger partial charge in [-0.2, -0.15) is 0 Å². The van der Waals surface area contributed by atoms with E-state index in [9.17, 15) is 4.79 Å². The van der Waals surface area contributed by atoms with Crippen molar-refractivity contribution in [1.82, 2.24) is 5.32 Å². The van der Waals surface area contributed by atoms with Crippen LogP contribution in [-0.2, 0) is 9.47 Å². The number of hydrogen-bond acceptors (Lipinski definition) is 4. The summed E-state index contributed by atoms with van der Waals surface area (Å²) in [6.45, 7) is 9.37. The van der Waals surface area contributed by atoms with Crippen molar-refractivity contribution in [3.63, 3.8) is 0 Å². The Morgan fingerprint density at radius 2 is 1.83 bits per heavy atom. The minimum Gasteiger partial charge on any atom is -0.444 e. The van der Waals surface area contributed by atoms with Gasteiger partial charge in [-0.3, -0.25) is 5.32 Å². The third kappa shape index (κ3) is 6.20. The minimum absolute atomic E-state index is 0.272. The molecule has 0 saturated carbocycles. The molecule has 2 N–H and O–H groups in total. The van der Waals surface area contributed by atoms with Gasteiger partial charge in [-0.15, -0.1) is 0 Å². The van der Waals surface area contributed by atoms with Gasteiger partial charge in [-0.25, -0.2) is 4.79 Å². The zero-order valence-corrected chi connectivity index (χ0v) is 14.5. The fraction of sp³-hybridized carbons (Fsp3) is 0.611. The number of carbonyl (C=O) groups is 1. The van der Waals surface area contributed by atoms with E-state index in [1.165, 1.54) is 5.56 Å². The molecule has 1 unspecified atom stereocenters. The number of anilines is 1. The predicted octanol–water partition coefficient (Wildman–Crippen LogP) is 3.86. The number of ether oxygens (including phenoxy) is 2. The standard InChI is InChI=1S/C18H28N2O3/c1-13(19-16-9-11-22-12-10-16)14-5-7-15(8-6-14)20-17(21)23-18(2,3)4/h5-8,13,16,19H,9-12H2,1-4H3,(H,20,21). The topological polar surface area (TPSA) is 59.6 Å². The average molecular weight is 320 g/mol. The molecular weight excluding hydrogens is 292 g/mol. The lowest BCUT2D eigenvalue weighted by molar-refractivity contribution is 0.0636. The van der Waals surface area contributed by atoms with Gasteiger partial charge >= 0.3 is 6.09 Å². The van der Waals surface area contributed by atoms with Crippen molar-refractivity contribution in [1.29, 1.82) is 0 Å². The maximum atomic E-state index is 11.8. The zero-order chi connectivity index (χ0) is 16.9. The van der Waals surface area contributed by atoms with E-state index in [0.717, 1.165) is 31.7 Å². The van der Waals surface area contributed by atoms with Crippen LogP contribution in [0.1, 0.15) is 52.1 Å². The summed E-state index contributed by atoms with van der Waals surface area (Å²) in [6, 6.07) is 8.66. The van der Waals surface area contributed by atoms with Crippen molar-refractivity contribution in [2.24, 2.45) is 0 Å². The van der Waals surface area contributed by atoms with Gasteiger partial charge in [-0.1, -0.05) is 12.1 Å². The highest BCUT2D eigenvalue weighted by atomic mass is 16.6. The van der Waals surface area contributed by atoms with Crippen molar-refractivity contribution in [2.75, 3.05) is 18.5 Å². The Morgan fingerprint density at radius 1 is 1.22 bits per heavy atom. The molecule has 1 aromatic carbocycles. The first-order chi connectivity index (χ1) is 10.8. The van der Waals surface area contributed by atoms with E-state index in [4.69, 9.17) is 9.47 Å². The Balaban J connectivity index is 1.87. The zero-order valence-electron chi connectivity index (χ0n) is 14.5. The van der Waals surface area contributed by atoms with E-state index in [0.29, 0.717) is 6.04 Å². The molecule has 2 rings (SSSR count). The van der Waals surface area contributed by atoms with Gasteiger partial charge in [0.1, 0.15) is 5.60 Å². The smallest absolute Gasteiger partial charge is 0.412 e. The number of benzene rings is 1. The van der Waals surface area contributed by atoms with Gasteiger partial charge in [0.05, 0.1) is 0 Å². The number of carbonyl (C=O) groups excluding carboxylic acids is 1. The summed E-state index contributed by atoms with van der Waals surface area (Å²) in [5.74, 6) is 0. The summed E-state index contributed by atoms with van der Waals surface area (Å²) in [4.78, 5) is 11.8.